The van der Waals surface area contributed by atoms with Gasteiger partial charge < -0.3 is 0 Å². The molecule has 1 rings (SSSR count). The van der Waals surface area contributed by atoms with E-state index in [0.717, 1.165) is 16.9 Å². The van der Waals surface area contributed by atoms with Gasteiger partial charge in [-0.15, -0.1) is 0 Å². The summed E-state index contributed by atoms with van der Waals surface area (Å²) in [6, 6.07) is 5.77. The Labute approximate surface area is 106 Å². The van der Waals surface area contributed by atoms with Crippen LogP contribution < -0.4 is 4.90 Å². The molecule has 0 aliphatic heterocycles. The van der Waals surface area contributed by atoms with Crippen molar-refractivity contribution in [3.05, 3.63) is 29.3 Å². The zero-order valence-electron chi connectivity index (χ0n) is 10.6. The van der Waals surface area contributed by atoms with Gasteiger partial charge in [-0.3, -0.25) is 14.5 Å². The van der Waals surface area contributed by atoms with E-state index in [2.05, 4.69) is 0 Å². The van der Waals surface area contributed by atoms with E-state index in [1.807, 2.05) is 31.4 Å². The highest BCUT2D eigenvalue weighted by Gasteiger charge is 2.19. The molecule has 17 heavy (non-hydrogen) atoms. The van der Waals surface area contributed by atoms with Crippen LogP contribution in [0.4, 0.5) is 5.69 Å². The summed E-state index contributed by atoms with van der Waals surface area (Å²) in [5.41, 5.74) is 2.85. The van der Waals surface area contributed by atoms with Crippen LogP contribution in [0.1, 0.15) is 25.0 Å². The van der Waals surface area contributed by atoms with E-state index in [9.17, 15) is 9.59 Å². The minimum atomic E-state index is -0.247. The maximum atomic E-state index is 11.5. The highest BCUT2D eigenvalue weighted by molar-refractivity contribution is 7.97. The first-order valence-corrected chi connectivity index (χ1v) is 6.76. The number of carbonyl (C=O) groups is 2. The van der Waals surface area contributed by atoms with Gasteiger partial charge in [0.15, 0.2) is 0 Å². The summed E-state index contributed by atoms with van der Waals surface area (Å²) in [5, 5.41) is 0. The lowest BCUT2D eigenvalue weighted by atomic mass is 10.1. The average molecular weight is 251 g/mol. The number of hydrogen-bond donors (Lipinski definition) is 0. The molecule has 2 amide bonds. The monoisotopic (exact) mass is 251 g/mol. The summed E-state index contributed by atoms with van der Waals surface area (Å²) >= 11 is 1.67. The standard InChI is InChI=1S/C13H17NO2S/c1-9-5-6-13(12(7-9)8-17-4)14(10(2)15)11(3)16/h5-7H,8H2,1-4H3. The number of aryl methyl sites for hydroxylation is 1. The first kappa shape index (κ1) is 13.8. The van der Waals surface area contributed by atoms with Gasteiger partial charge >= 0.3 is 0 Å². The van der Waals surface area contributed by atoms with Crippen molar-refractivity contribution >= 4 is 29.3 Å². The van der Waals surface area contributed by atoms with Gasteiger partial charge in [-0.1, -0.05) is 17.7 Å². The Morgan fingerprint density at radius 2 is 1.82 bits per heavy atom. The molecule has 0 N–H and O–H groups in total. The van der Waals surface area contributed by atoms with Crippen LogP contribution >= 0.6 is 11.8 Å². The molecule has 0 radical (unpaired) electrons. The molecule has 0 atom stereocenters. The van der Waals surface area contributed by atoms with Gasteiger partial charge in [0.1, 0.15) is 0 Å². The second-order valence-electron chi connectivity index (χ2n) is 3.94. The molecule has 0 fully saturated rings. The van der Waals surface area contributed by atoms with Crippen molar-refractivity contribution in [3.63, 3.8) is 0 Å². The highest BCUT2D eigenvalue weighted by Crippen LogP contribution is 2.25. The zero-order valence-corrected chi connectivity index (χ0v) is 11.4. The summed E-state index contributed by atoms with van der Waals surface area (Å²) in [6.07, 6.45) is 2.00. The smallest absolute Gasteiger partial charge is 0.230 e. The average Bonchev–Trinajstić information content (AvgIpc) is 2.21. The number of thioether (sulfide) groups is 1. The quantitative estimate of drug-likeness (QED) is 0.829. The Balaban J connectivity index is 3.26. The van der Waals surface area contributed by atoms with Gasteiger partial charge in [-0.2, -0.15) is 11.8 Å². The third kappa shape index (κ3) is 3.33. The molecule has 0 bridgehead atoms. The largest absolute Gasteiger partial charge is 0.274 e. The van der Waals surface area contributed by atoms with Crippen molar-refractivity contribution in [2.45, 2.75) is 26.5 Å². The molecule has 0 aliphatic carbocycles. The first-order valence-electron chi connectivity index (χ1n) is 5.37. The number of amides is 2. The third-order valence-electron chi connectivity index (χ3n) is 2.41. The molecule has 92 valence electrons. The van der Waals surface area contributed by atoms with E-state index in [0.29, 0.717) is 5.69 Å². The minimum Gasteiger partial charge on any atom is -0.274 e. The number of carbonyl (C=O) groups excluding carboxylic acids is 2. The summed E-state index contributed by atoms with van der Waals surface area (Å²) in [6.45, 7) is 4.81. The molecule has 0 saturated carbocycles. The van der Waals surface area contributed by atoms with E-state index in [1.165, 1.54) is 18.7 Å². The minimum absolute atomic E-state index is 0.247. The number of rotatable bonds is 3. The highest BCUT2D eigenvalue weighted by atomic mass is 32.2. The van der Waals surface area contributed by atoms with Gasteiger partial charge in [0.25, 0.3) is 0 Å². The van der Waals surface area contributed by atoms with Crippen LogP contribution in [0, 0.1) is 6.92 Å². The zero-order chi connectivity index (χ0) is 13.0. The molecule has 1 aromatic carbocycles. The van der Waals surface area contributed by atoms with Crippen molar-refractivity contribution in [2.75, 3.05) is 11.2 Å². The molecular weight excluding hydrogens is 234 g/mol. The van der Waals surface area contributed by atoms with Crippen LogP contribution in [0.25, 0.3) is 0 Å². The fourth-order valence-electron chi connectivity index (χ4n) is 1.76. The number of benzene rings is 1. The van der Waals surface area contributed by atoms with Crippen LogP contribution in [-0.4, -0.2) is 18.1 Å². The Hall–Kier alpha value is -1.29. The third-order valence-corrected chi connectivity index (χ3v) is 3.01. The Morgan fingerprint density at radius 1 is 1.24 bits per heavy atom. The van der Waals surface area contributed by atoms with E-state index in [1.54, 1.807) is 11.8 Å². The lowest BCUT2D eigenvalue weighted by molar-refractivity contribution is -0.124. The lowest BCUT2D eigenvalue weighted by Crippen LogP contribution is -2.33. The fourth-order valence-corrected chi connectivity index (χ4v) is 2.31. The van der Waals surface area contributed by atoms with Crippen LogP contribution in [-0.2, 0) is 15.3 Å². The maximum absolute atomic E-state index is 11.5. The second-order valence-corrected chi connectivity index (χ2v) is 4.80. The Kier molecular flexibility index (Phi) is 4.75. The molecule has 0 aromatic heterocycles. The Morgan fingerprint density at radius 3 is 2.29 bits per heavy atom. The number of nitrogens with zero attached hydrogens (tertiary/aromatic N) is 1. The molecule has 0 unspecified atom stereocenters. The predicted molar refractivity (Wildman–Crippen MR) is 72.2 cm³/mol. The van der Waals surface area contributed by atoms with E-state index >= 15 is 0 Å². The van der Waals surface area contributed by atoms with Gasteiger partial charge in [0.05, 0.1) is 5.69 Å². The Bertz CT molecular complexity index is 429. The molecule has 0 heterocycles. The number of imide groups is 1. The first-order chi connectivity index (χ1) is 7.97. The second kappa shape index (κ2) is 5.87. The SMILES string of the molecule is CSCc1cc(C)ccc1N(C(C)=O)C(C)=O. The predicted octanol–water partition coefficient (Wildman–Crippen LogP) is 2.76. The van der Waals surface area contributed by atoms with Gasteiger partial charge in [-0.05, 0) is 24.8 Å². The van der Waals surface area contributed by atoms with E-state index < -0.39 is 0 Å². The molecular formula is C13H17NO2S. The summed E-state index contributed by atoms with van der Waals surface area (Å²) in [7, 11) is 0. The van der Waals surface area contributed by atoms with Gasteiger partial charge in [0, 0.05) is 19.6 Å². The lowest BCUT2D eigenvalue weighted by Gasteiger charge is -2.21. The topological polar surface area (TPSA) is 37.4 Å². The molecule has 0 aliphatic rings. The molecule has 0 spiro atoms. The van der Waals surface area contributed by atoms with E-state index in [4.69, 9.17) is 0 Å². The van der Waals surface area contributed by atoms with Crippen molar-refractivity contribution in [2.24, 2.45) is 0 Å². The molecule has 4 heteroatoms. The van der Waals surface area contributed by atoms with Gasteiger partial charge in [-0.25, -0.2) is 0 Å². The van der Waals surface area contributed by atoms with Crippen molar-refractivity contribution < 1.29 is 9.59 Å². The van der Waals surface area contributed by atoms with Gasteiger partial charge in [0.2, 0.25) is 11.8 Å². The maximum Gasteiger partial charge on any atom is 0.230 e. The van der Waals surface area contributed by atoms with Crippen LogP contribution in [0.2, 0.25) is 0 Å². The molecule has 3 nitrogen and oxygen atoms in total. The van der Waals surface area contributed by atoms with Crippen LogP contribution in [0.3, 0.4) is 0 Å². The van der Waals surface area contributed by atoms with Crippen molar-refractivity contribution in [3.8, 4) is 0 Å². The fraction of sp³-hybridized carbons (Fsp3) is 0.385. The van der Waals surface area contributed by atoms with Crippen molar-refractivity contribution in [1.82, 2.24) is 0 Å². The number of anilines is 1. The van der Waals surface area contributed by atoms with Crippen LogP contribution in [0.5, 0.6) is 0 Å². The van der Waals surface area contributed by atoms with Crippen molar-refractivity contribution in [1.29, 1.82) is 0 Å². The molecule has 1 aromatic rings. The summed E-state index contributed by atoms with van der Waals surface area (Å²) < 4.78 is 0. The van der Waals surface area contributed by atoms with Crippen LogP contribution in [0.15, 0.2) is 18.2 Å². The normalized spacial score (nSPS) is 10.1. The number of hydrogen-bond acceptors (Lipinski definition) is 3. The molecule has 0 saturated heterocycles. The summed E-state index contributed by atoms with van der Waals surface area (Å²) in [4.78, 5) is 24.3. The summed E-state index contributed by atoms with van der Waals surface area (Å²) in [5.74, 6) is 0.293. The van der Waals surface area contributed by atoms with E-state index in [-0.39, 0.29) is 11.8 Å².